The van der Waals surface area contributed by atoms with Crippen molar-refractivity contribution in [2.75, 3.05) is 0 Å². The normalized spacial score (nSPS) is 11.6. The predicted octanol–water partition coefficient (Wildman–Crippen LogP) is 6.85. The lowest BCUT2D eigenvalue weighted by Gasteiger charge is -2.10. The first kappa shape index (κ1) is 19.0. The van der Waals surface area contributed by atoms with E-state index in [1.165, 1.54) is 6.07 Å². The molecule has 4 rings (SSSR count). The maximum Gasteiger partial charge on any atom is 0.131 e. The molecule has 0 saturated heterocycles. The minimum absolute atomic E-state index is 0.298. The van der Waals surface area contributed by atoms with Crippen LogP contribution in [0.3, 0.4) is 0 Å². The molecular formula is C25H18ClFN2. The highest BCUT2D eigenvalue weighted by Crippen LogP contribution is 2.31. The lowest BCUT2D eigenvalue weighted by molar-refractivity contribution is 0.624. The van der Waals surface area contributed by atoms with Crippen LogP contribution in [-0.2, 0) is 6.54 Å². The highest BCUT2D eigenvalue weighted by molar-refractivity contribution is 6.31. The van der Waals surface area contributed by atoms with Gasteiger partial charge in [0.05, 0.1) is 11.6 Å². The molecule has 2 nitrogen and oxygen atoms in total. The minimum atomic E-state index is -0.405. The Morgan fingerprint density at radius 1 is 1.03 bits per heavy atom. The molecule has 0 atom stereocenters. The maximum atomic E-state index is 14.3. The summed E-state index contributed by atoms with van der Waals surface area (Å²) in [4.78, 5) is 0. The number of hydrogen-bond donors (Lipinski definition) is 0. The fourth-order valence-corrected chi connectivity index (χ4v) is 3.83. The van der Waals surface area contributed by atoms with Crippen LogP contribution < -0.4 is 0 Å². The highest BCUT2D eigenvalue weighted by atomic mass is 35.5. The maximum absolute atomic E-state index is 14.3. The van der Waals surface area contributed by atoms with E-state index in [2.05, 4.69) is 10.6 Å². The van der Waals surface area contributed by atoms with Crippen LogP contribution in [-0.4, -0.2) is 4.57 Å². The van der Waals surface area contributed by atoms with Crippen LogP contribution in [0.15, 0.2) is 72.8 Å². The van der Waals surface area contributed by atoms with Gasteiger partial charge >= 0.3 is 0 Å². The molecule has 4 aromatic rings. The average Bonchev–Trinajstić information content (AvgIpc) is 3.00. The standard InChI is InChI=1S/C25H18ClFN2/c1-17-22(14-19(15-28)20-9-3-6-12-24(20)27)21-10-4-7-13-25(21)29(17)16-18-8-2-5-11-23(18)26/h2-14H,16H2,1H3. The van der Waals surface area contributed by atoms with E-state index >= 15 is 0 Å². The lowest BCUT2D eigenvalue weighted by atomic mass is 10.0. The van der Waals surface area contributed by atoms with Crippen molar-refractivity contribution >= 4 is 34.2 Å². The fourth-order valence-electron chi connectivity index (χ4n) is 3.63. The van der Waals surface area contributed by atoms with Gasteiger partial charge in [-0.25, -0.2) is 4.39 Å². The predicted molar refractivity (Wildman–Crippen MR) is 117 cm³/mol. The van der Waals surface area contributed by atoms with Gasteiger partial charge in [0.1, 0.15) is 5.82 Å². The van der Waals surface area contributed by atoms with Crippen molar-refractivity contribution in [1.82, 2.24) is 4.57 Å². The number of halogens is 2. The zero-order valence-electron chi connectivity index (χ0n) is 15.9. The molecule has 0 aliphatic heterocycles. The Morgan fingerprint density at radius 2 is 1.72 bits per heavy atom. The summed E-state index contributed by atoms with van der Waals surface area (Å²) in [6.07, 6.45) is 1.78. The van der Waals surface area contributed by atoms with E-state index in [1.807, 2.05) is 55.5 Å². The molecule has 0 N–H and O–H groups in total. The number of rotatable bonds is 4. The first-order valence-electron chi connectivity index (χ1n) is 9.28. The Morgan fingerprint density at radius 3 is 2.48 bits per heavy atom. The number of para-hydroxylation sites is 1. The van der Waals surface area contributed by atoms with E-state index in [0.717, 1.165) is 27.7 Å². The van der Waals surface area contributed by atoms with Crippen molar-refractivity contribution in [3.05, 3.63) is 106 Å². The van der Waals surface area contributed by atoms with Gasteiger partial charge in [-0.1, -0.05) is 66.2 Å². The van der Waals surface area contributed by atoms with E-state index < -0.39 is 5.82 Å². The summed E-state index contributed by atoms with van der Waals surface area (Å²) in [5.74, 6) is -0.405. The lowest BCUT2D eigenvalue weighted by Crippen LogP contribution is -2.02. The molecular weight excluding hydrogens is 383 g/mol. The van der Waals surface area contributed by atoms with Gasteiger partial charge in [0.2, 0.25) is 0 Å². The number of hydrogen-bond acceptors (Lipinski definition) is 1. The summed E-state index contributed by atoms with van der Waals surface area (Å²) in [5.41, 5.74) is 4.57. The number of nitriles is 1. The molecule has 0 aliphatic carbocycles. The summed E-state index contributed by atoms with van der Waals surface area (Å²) < 4.78 is 16.4. The van der Waals surface area contributed by atoms with Crippen molar-refractivity contribution in [3.8, 4) is 6.07 Å². The van der Waals surface area contributed by atoms with Crippen LogP contribution in [0.25, 0.3) is 22.6 Å². The molecule has 142 valence electrons. The topological polar surface area (TPSA) is 28.7 Å². The van der Waals surface area contributed by atoms with Gasteiger partial charge in [0.15, 0.2) is 0 Å². The molecule has 0 unspecified atom stereocenters. The number of fused-ring (bicyclic) bond motifs is 1. The highest BCUT2D eigenvalue weighted by Gasteiger charge is 2.15. The second-order valence-electron chi connectivity index (χ2n) is 6.84. The largest absolute Gasteiger partial charge is 0.340 e. The quantitative estimate of drug-likeness (QED) is 0.344. The second-order valence-corrected chi connectivity index (χ2v) is 7.25. The third-order valence-corrected chi connectivity index (χ3v) is 5.51. The number of aromatic nitrogens is 1. The Hall–Kier alpha value is -3.35. The van der Waals surface area contributed by atoms with Gasteiger partial charge in [-0.3, -0.25) is 0 Å². The Balaban J connectivity index is 1.90. The molecule has 0 spiro atoms. The van der Waals surface area contributed by atoms with E-state index in [9.17, 15) is 9.65 Å². The summed E-state index contributed by atoms with van der Waals surface area (Å²) in [5, 5.41) is 11.4. The monoisotopic (exact) mass is 400 g/mol. The molecule has 1 heterocycles. The molecule has 0 fully saturated rings. The van der Waals surface area contributed by atoms with E-state index in [0.29, 0.717) is 22.7 Å². The van der Waals surface area contributed by atoms with Gasteiger partial charge in [0.25, 0.3) is 0 Å². The molecule has 29 heavy (non-hydrogen) atoms. The Labute approximate surface area is 174 Å². The van der Waals surface area contributed by atoms with Crippen molar-refractivity contribution in [2.45, 2.75) is 13.5 Å². The van der Waals surface area contributed by atoms with Crippen molar-refractivity contribution < 1.29 is 4.39 Å². The van der Waals surface area contributed by atoms with Crippen LogP contribution in [0.2, 0.25) is 5.02 Å². The van der Waals surface area contributed by atoms with Gasteiger partial charge in [-0.2, -0.15) is 5.26 Å². The van der Waals surface area contributed by atoms with E-state index in [1.54, 1.807) is 24.3 Å². The van der Waals surface area contributed by atoms with Gasteiger partial charge in [-0.05, 0) is 36.8 Å². The molecule has 0 saturated carbocycles. The minimum Gasteiger partial charge on any atom is -0.340 e. The Bertz CT molecular complexity index is 1280. The SMILES string of the molecule is Cc1c(C=C(C#N)c2ccccc2F)c2ccccc2n1Cc1ccccc1Cl. The number of allylic oxidation sites excluding steroid dienone is 1. The number of nitrogens with zero attached hydrogens (tertiary/aromatic N) is 2. The zero-order chi connectivity index (χ0) is 20.4. The van der Waals surface area contributed by atoms with Crippen LogP contribution in [0.5, 0.6) is 0 Å². The third-order valence-electron chi connectivity index (χ3n) is 5.14. The summed E-state index contributed by atoms with van der Waals surface area (Å²) in [7, 11) is 0. The van der Waals surface area contributed by atoms with Gasteiger partial charge in [0, 0.05) is 39.3 Å². The fraction of sp³-hybridized carbons (Fsp3) is 0.0800. The van der Waals surface area contributed by atoms with Crippen LogP contribution in [0.1, 0.15) is 22.4 Å². The first-order valence-corrected chi connectivity index (χ1v) is 9.66. The van der Waals surface area contributed by atoms with E-state index in [4.69, 9.17) is 11.6 Å². The van der Waals surface area contributed by atoms with Crippen molar-refractivity contribution in [1.29, 1.82) is 5.26 Å². The van der Waals surface area contributed by atoms with Gasteiger partial charge in [-0.15, -0.1) is 0 Å². The molecule has 0 radical (unpaired) electrons. The van der Waals surface area contributed by atoms with Gasteiger partial charge < -0.3 is 4.57 Å². The van der Waals surface area contributed by atoms with Crippen molar-refractivity contribution in [2.24, 2.45) is 0 Å². The molecule has 1 aromatic heterocycles. The summed E-state index contributed by atoms with van der Waals surface area (Å²) >= 11 is 6.38. The van der Waals surface area contributed by atoms with Crippen LogP contribution in [0.4, 0.5) is 4.39 Å². The third kappa shape index (κ3) is 3.55. The van der Waals surface area contributed by atoms with E-state index in [-0.39, 0.29) is 0 Å². The summed E-state index contributed by atoms with van der Waals surface area (Å²) in [6.45, 7) is 2.63. The van der Waals surface area contributed by atoms with Crippen LogP contribution >= 0.6 is 11.6 Å². The molecule has 0 aliphatic rings. The smallest absolute Gasteiger partial charge is 0.131 e. The zero-order valence-corrected chi connectivity index (χ0v) is 16.6. The second kappa shape index (κ2) is 7.95. The molecule has 0 bridgehead atoms. The molecule has 4 heteroatoms. The average molecular weight is 401 g/mol. The molecule has 0 amide bonds. The summed E-state index contributed by atoms with van der Waals surface area (Å²) in [6, 6.07) is 24.3. The molecule has 3 aromatic carbocycles. The van der Waals surface area contributed by atoms with Crippen LogP contribution in [0, 0.1) is 24.1 Å². The first-order chi connectivity index (χ1) is 14.1. The number of benzene rings is 3. The Kier molecular flexibility index (Phi) is 5.20. The van der Waals surface area contributed by atoms with Crippen molar-refractivity contribution in [3.63, 3.8) is 0 Å².